The van der Waals surface area contributed by atoms with Crippen LogP contribution >= 0.6 is 15.9 Å². The number of fused-ring (bicyclic) bond motifs is 1. The Balaban J connectivity index is 2.38. The molecule has 2 N–H and O–H groups in total. The van der Waals surface area contributed by atoms with Gasteiger partial charge < -0.3 is 5.32 Å². The molecule has 1 aromatic heterocycles. The lowest BCUT2D eigenvalue weighted by Gasteiger charge is -2.29. The van der Waals surface area contributed by atoms with Gasteiger partial charge in [0, 0.05) is 17.6 Å². The number of benzene rings is 1. The van der Waals surface area contributed by atoms with E-state index in [-0.39, 0.29) is 12.4 Å². The summed E-state index contributed by atoms with van der Waals surface area (Å²) in [5, 5.41) is 5.40. The van der Waals surface area contributed by atoms with Crippen molar-refractivity contribution in [2.45, 2.75) is 33.0 Å². The van der Waals surface area contributed by atoms with Gasteiger partial charge in [0.2, 0.25) is 0 Å². The molecule has 126 valence electrons. The molecule has 0 spiro atoms. The van der Waals surface area contributed by atoms with Gasteiger partial charge in [0.1, 0.15) is 5.82 Å². The highest BCUT2D eigenvalue weighted by Gasteiger charge is 2.33. The lowest BCUT2D eigenvalue weighted by Crippen LogP contribution is -2.50. The highest BCUT2D eigenvalue weighted by Crippen LogP contribution is 2.32. The van der Waals surface area contributed by atoms with Crippen LogP contribution in [0.15, 0.2) is 38.3 Å². The van der Waals surface area contributed by atoms with Crippen molar-refractivity contribution in [1.82, 2.24) is 14.5 Å². The number of hydrogen-bond acceptors (Lipinski definition) is 3. The lowest BCUT2D eigenvalue weighted by atomic mass is 9.98. The molecular formula is C16H17BrN4O3. The third kappa shape index (κ3) is 2.47. The second-order valence-corrected chi connectivity index (χ2v) is 6.25. The van der Waals surface area contributed by atoms with E-state index in [0.717, 1.165) is 10.0 Å². The summed E-state index contributed by atoms with van der Waals surface area (Å²) in [5.41, 5.74) is 0.312. The molecular weight excluding hydrogens is 376 g/mol. The van der Waals surface area contributed by atoms with Gasteiger partial charge in [-0.1, -0.05) is 34.1 Å². The number of halogens is 1. The molecule has 7 nitrogen and oxygen atoms in total. The summed E-state index contributed by atoms with van der Waals surface area (Å²) in [6, 6.07) is 6.29. The first-order valence-electron chi connectivity index (χ1n) is 7.69. The number of nitrogens with one attached hydrogen (secondary N) is 2. The Labute approximate surface area is 146 Å². The summed E-state index contributed by atoms with van der Waals surface area (Å²) in [6.45, 7) is 4.16. The zero-order chi connectivity index (χ0) is 17.4. The average molecular weight is 393 g/mol. The maximum absolute atomic E-state index is 12.9. The van der Waals surface area contributed by atoms with Gasteiger partial charge in [-0.15, -0.1) is 0 Å². The van der Waals surface area contributed by atoms with Crippen molar-refractivity contribution in [3.8, 4) is 0 Å². The lowest BCUT2D eigenvalue weighted by molar-refractivity contribution is 0.248. The Morgan fingerprint density at radius 3 is 2.38 bits per heavy atom. The summed E-state index contributed by atoms with van der Waals surface area (Å²) in [6.07, 6.45) is 0. The van der Waals surface area contributed by atoms with Crippen LogP contribution in [-0.4, -0.2) is 15.2 Å². The highest BCUT2D eigenvalue weighted by atomic mass is 79.9. The van der Waals surface area contributed by atoms with Gasteiger partial charge >= 0.3 is 11.7 Å². The molecule has 1 aromatic carbocycles. The molecule has 0 bridgehead atoms. The van der Waals surface area contributed by atoms with Gasteiger partial charge in [0.25, 0.3) is 5.56 Å². The molecule has 0 saturated heterocycles. The molecule has 0 saturated carbocycles. The van der Waals surface area contributed by atoms with Crippen molar-refractivity contribution in [2.24, 2.45) is 0 Å². The largest absolute Gasteiger partial charge is 0.332 e. The van der Waals surface area contributed by atoms with Gasteiger partial charge in [-0.2, -0.15) is 0 Å². The van der Waals surface area contributed by atoms with Gasteiger partial charge in [0.15, 0.2) is 0 Å². The first-order chi connectivity index (χ1) is 11.5. The van der Waals surface area contributed by atoms with Gasteiger partial charge in [-0.3, -0.25) is 19.2 Å². The molecule has 1 atom stereocenters. The molecule has 0 fully saturated rings. The fourth-order valence-corrected chi connectivity index (χ4v) is 3.49. The molecule has 1 aliphatic rings. The first kappa shape index (κ1) is 16.5. The maximum Gasteiger partial charge on any atom is 0.332 e. The van der Waals surface area contributed by atoms with E-state index < -0.39 is 23.3 Å². The quantitative estimate of drug-likeness (QED) is 0.837. The van der Waals surface area contributed by atoms with Crippen molar-refractivity contribution < 1.29 is 4.79 Å². The molecule has 3 rings (SSSR count). The number of nitrogens with zero attached hydrogens (tertiary/aromatic N) is 2. The SMILES string of the molecule is CCn1c2c(c(=O)n(CC)c1=O)C(c1ccccc1Br)NC(=O)N2. The van der Waals surface area contributed by atoms with Crippen molar-refractivity contribution in [1.29, 1.82) is 0 Å². The van der Waals surface area contributed by atoms with Crippen LogP contribution in [0.4, 0.5) is 10.6 Å². The summed E-state index contributed by atoms with van der Waals surface area (Å²) in [5.74, 6) is 0.265. The number of amides is 2. The van der Waals surface area contributed by atoms with Crippen LogP contribution in [0.1, 0.15) is 31.0 Å². The Morgan fingerprint density at radius 2 is 1.75 bits per heavy atom. The number of urea groups is 1. The van der Waals surface area contributed by atoms with Crippen molar-refractivity contribution in [3.63, 3.8) is 0 Å². The predicted octanol–water partition coefficient (Wildman–Crippen LogP) is 2.04. The van der Waals surface area contributed by atoms with Crippen LogP contribution in [-0.2, 0) is 13.1 Å². The van der Waals surface area contributed by atoms with Crippen molar-refractivity contribution in [3.05, 3.63) is 60.7 Å². The molecule has 8 heteroatoms. The molecule has 1 unspecified atom stereocenters. The van der Waals surface area contributed by atoms with Gasteiger partial charge in [-0.25, -0.2) is 9.59 Å². The number of anilines is 1. The number of carbonyl (C=O) groups is 1. The van der Waals surface area contributed by atoms with E-state index in [4.69, 9.17) is 0 Å². The van der Waals surface area contributed by atoms with E-state index in [1.807, 2.05) is 24.3 Å². The number of carbonyl (C=O) groups excluding carboxylic acids is 1. The topological polar surface area (TPSA) is 85.1 Å². The van der Waals surface area contributed by atoms with Gasteiger partial charge in [-0.05, 0) is 25.5 Å². The third-order valence-corrected chi connectivity index (χ3v) is 4.83. The highest BCUT2D eigenvalue weighted by molar-refractivity contribution is 9.10. The molecule has 2 heterocycles. The zero-order valence-electron chi connectivity index (χ0n) is 13.3. The fourth-order valence-electron chi connectivity index (χ4n) is 2.98. The van der Waals surface area contributed by atoms with Crippen LogP contribution in [0.5, 0.6) is 0 Å². The summed E-state index contributed by atoms with van der Waals surface area (Å²) in [7, 11) is 0. The monoisotopic (exact) mass is 392 g/mol. The van der Waals surface area contributed by atoms with Crippen LogP contribution < -0.4 is 21.9 Å². The van der Waals surface area contributed by atoms with E-state index in [0.29, 0.717) is 12.1 Å². The normalized spacial score (nSPS) is 16.3. The minimum absolute atomic E-state index is 0.265. The Bertz CT molecular complexity index is 932. The molecule has 24 heavy (non-hydrogen) atoms. The number of hydrogen-bond donors (Lipinski definition) is 2. The van der Waals surface area contributed by atoms with Crippen LogP contribution in [0.2, 0.25) is 0 Å². The summed E-state index contributed by atoms with van der Waals surface area (Å²) < 4.78 is 3.38. The van der Waals surface area contributed by atoms with E-state index >= 15 is 0 Å². The number of rotatable bonds is 3. The third-order valence-electron chi connectivity index (χ3n) is 4.11. The Kier molecular flexibility index (Phi) is 4.31. The molecule has 0 aliphatic carbocycles. The average Bonchev–Trinajstić information content (AvgIpc) is 2.55. The van der Waals surface area contributed by atoms with E-state index in [9.17, 15) is 14.4 Å². The van der Waals surface area contributed by atoms with Crippen LogP contribution in [0.25, 0.3) is 0 Å². The Morgan fingerprint density at radius 1 is 1.08 bits per heavy atom. The maximum atomic E-state index is 12.9. The van der Waals surface area contributed by atoms with E-state index in [2.05, 4.69) is 26.6 Å². The second kappa shape index (κ2) is 6.27. The number of aromatic nitrogens is 2. The summed E-state index contributed by atoms with van der Waals surface area (Å²) in [4.78, 5) is 37.5. The molecule has 0 radical (unpaired) electrons. The zero-order valence-corrected chi connectivity index (χ0v) is 14.9. The second-order valence-electron chi connectivity index (χ2n) is 5.39. The standard InChI is InChI=1S/C16H17BrN4O3/c1-3-20-13-11(14(22)21(4-2)16(20)24)12(18-15(23)19-13)9-7-5-6-8-10(9)17/h5-8,12H,3-4H2,1-2H3,(H2,18,19,23). The molecule has 1 aliphatic heterocycles. The van der Waals surface area contributed by atoms with Crippen LogP contribution in [0, 0.1) is 0 Å². The predicted molar refractivity (Wildman–Crippen MR) is 94.4 cm³/mol. The Hall–Kier alpha value is -2.35. The fraction of sp³-hybridized carbons (Fsp3) is 0.312. The minimum Gasteiger partial charge on any atom is -0.327 e. The van der Waals surface area contributed by atoms with Gasteiger partial charge in [0.05, 0.1) is 11.6 Å². The molecule has 2 aromatic rings. The smallest absolute Gasteiger partial charge is 0.327 e. The van der Waals surface area contributed by atoms with E-state index in [1.54, 1.807) is 13.8 Å². The summed E-state index contributed by atoms with van der Waals surface area (Å²) >= 11 is 3.46. The molecule has 2 amide bonds. The van der Waals surface area contributed by atoms with E-state index in [1.165, 1.54) is 9.13 Å². The minimum atomic E-state index is -0.631. The first-order valence-corrected chi connectivity index (χ1v) is 8.48. The van der Waals surface area contributed by atoms with Crippen molar-refractivity contribution in [2.75, 3.05) is 5.32 Å². The van der Waals surface area contributed by atoms with Crippen molar-refractivity contribution >= 4 is 27.8 Å². The van der Waals surface area contributed by atoms with Crippen LogP contribution in [0.3, 0.4) is 0 Å².